The molecule has 0 N–H and O–H groups in total. The number of unbranched alkanes of at least 4 members (excludes halogenated alkanes) is 2. The summed E-state index contributed by atoms with van der Waals surface area (Å²) in [5.41, 5.74) is 2.37. The Morgan fingerprint density at radius 2 is 1.36 bits per heavy atom. The maximum atomic E-state index is 13.2. The Hall–Kier alpha value is -2.42. The molecule has 0 aliphatic carbocycles. The second-order valence-electron chi connectivity index (χ2n) is 8.33. The van der Waals surface area contributed by atoms with Gasteiger partial charge in [0.15, 0.2) is 11.6 Å². The van der Waals surface area contributed by atoms with Crippen LogP contribution in [-0.4, -0.2) is 18.7 Å². The summed E-state index contributed by atoms with van der Waals surface area (Å²) in [7, 11) is 1.59. The fourth-order valence-corrected chi connectivity index (χ4v) is 3.27. The fraction of sp³-hybridized carbons (Fsp3) is 0.440. The molecule has 0 bridgehead atoms. The first-order valence-electron chi connectivity index (χ1n) is 10.1. The van der Waals surface area contributed by atoms with E-state index in [1.165, 1.54) is 5.56 Å². The Morgan fingerprint density at radius 3 is 1.79 bits per heavy atom. The van der Waals surface area contributed by atoms with Crippen molar-refractivity contribution in [2.45, 2.75) is 58.8 Å². The van der Waals surface area contributed by atoms with Crippen molar-refractivity contribution in [3.63, 3.8) is 0 Å². The number of hydrogen-bond acceptors (Lipinski definition) is 3. The number of carbonyl (C=O) groups is 2. The van der Waals surface area contributed by atoms with Crippen LogP contribution in [0, 0.1) is 5.92 Å². The van der Waals surface area contributed by atoms with Crippen molar-refractivity contribution in [1.82, 2.24) is 0 Å². The van der Waals surface area contributed by atoms with Crippen LogP contribution < -0.4 is 4.74 Å². The molecule has 0 amide bonds. The molecule has 0 aliphatic heterocycles. The summed E-state index contributed by atoms with van der Waals surface area (Å²) in [5, 5.41) is 0. The number of rotatable bonds is 9. The van der Waals surface area contributed by atoms with Crippen molar-refractivity contribution in [1.29, 1.82) is 0 Å². The predicted octanol–water partition coefficient (Wildman–Crippen LogP) is 6.25. The highest BCUT2D eigenvalue weighted by molar-refractivity contribution is 6.16. The molecule has 1 atom stereocenters. The fourth-order valence-electron chi connectivity index (χ4n) is 3.27. The highest BCUT2D eigenvalue weighted by Gasteiger charge is 2.28. The van der Waals surface area contributed by atoms with Gasteiger partial charge in [-0.15, -0.1) is 0 Å². The second kappa shape index (κ2) is 9.68. The van der Waals surface area contributed by atoms with Crippen LogP contribution in [0.25, 0.3) is 0 Å². The largest absolute Gasteiger partial charge is 0.497 e. The molecule has 0 fully saturated rings. The van der Waals surface area contributed by atoms with Gasteiger partial charge in [-0.3, -0.25) is 9.59 Å². The van der Waals surface area contributed by atoms with Gasteiger partial charge in [-0.25, -0.2) is 0 Å². The Labute approximate surface area is 169 Å². The summed E-state index contributed by atoms with van der Waals surface area (Å²) in [5.74, 6) is -0.135. The van der Waals surface area contributed by atoms with E-state index >= 15 is 0 Å². The van der Waals surface area contributed by atoms with E-state index in [1.54, 1.807) is 31.4 Å². The Morgan fingerprint density at radius 1 is 0.857 bits per heavy atom. The molecule has 0 aliphatic rings. The zero-order chi connectivity index (χ0) is 20.7. The molecule has 0 spiro atoms. The SMILES string of the molecule is CCCCCC(C(=O)c1ccc(OC)cc1)C(=O)c1ccc(C(C)(C)C)cc1. The van der Waals surface area contributed by atoms with Crippen LogP contribution in [0.5, 0.6) is 5.75 Å². The highest BCUT2D eigenvalue weighted by Crippen LogP contribution is 2.26. The monoisotopic (exact) mass is 380 g/mol. The van der Waals surface area contributed by atoms with Crippen molar-refractivity contribution >= 4 is 11.6 Å². The Balaban J connectivity index is 2.27. The zero-order valence-electron chi connectivity index (χ0n) is 17.7. The minimum atomic E-state index is -0.638. The van der Waals surface area contributed by atoms with Gasteiger partial charge in [0.25, 0.3) is 0 Å². The molecule has 2 rings (SSSR count). The van der Waals surface area contributed by atoms with Gasteiger partial charge in [0.2, 0.25) is 0 Å². The Kier molecular flexibility index (Phi) is 7.56. The lowest BCUT2D eigenvalue weighted by molar-refractivity contribution is 0.0797. The summed E-state index contributed by atoms with van der Waals surface area (Å²) >= 11 is 0. The van der Waals surface area contributed by atoms with Crippen molar-refractivity contribution in [3.8, 4) is 5.75 Å². The summed E-state index contributed by atoms with van der Waals surface area (Å²) in [6.45, 7) is 8.55. The van der Waals surface area contributed by atoms with E-state index in [9.17, 15) is 9.59 Å². The standard InChI is InChI=1S/C25H32O3/c1-6-7-8-9-22(24(27)19-12-16-21(28-5)17-13-19)23(26)18-10-14-20(15-11-18)25(2,3)4/h10-17,22H,6-9H2,1-5H3. The van der Waals surface area contributed by atoms with Crippen LogP contribution in [0.2, 0.25) is 0 Å². The first-order chi connectivity index (χ1) is 13.3. The molecule has 3 nitrogen and oxygen atoms in total. The molecule has 0 aromatic heterocycles. The van der Waals surface area contributed by atoms with Gasteiger partial charge in [-0.2, -0.15) is 0 Å². The number of ketones is 2. The lowest BCUT2D eigenvalue weighted by Crippen LogP contribution is -2.25. The molecular formula is C25H32O3. The van der Waals surface area contributed by atoms with Gasteiger partial charge in [0.1, 0.15) is 5.75 Å². The van der Waals surface area contributed by atoms with Crippen molar-refractivity contribution in [3.05, 3.63) is 65.2 Å². The quantitative estimate of drug-likeness (QED) is 0.293. The number of hydrogen-bond donors (Lipinski definition) is 0. The molecule has 3 heteroatoms. The average molecular weight is 381 g/mol. The summed E-state index contributed by atoms with van der Waals surface area (Å²) in [6, 6.07) is 14.7. The van der Waals surface area contributed by atoms with Crippen LogP contribution in [0.4, 0.5) is 0 Å². The minimum Gasteiger partial charge on any atom is -0.497 e. The first kappa shape index (κ1) is 21.9. The van der Waals surface area contributed by atoms with Gasteiger partial charge in [0.05, 0.1) is 13.0 Å². The molecule has 150 valence electrons. The maximum Gasteiger partial charge on any atom is 0.173 e. The van der Waals surface area contributed by atoms with Crippen LogP contribution in [0.1, 0.15) is 79.7 Å². The van der Waals surface area contributed by atoms with Crippen LogP contribution in [-0.2, 0) is 5.41 Å². The molecule has 1 unspecified atom stereocenters. The molecule has 0 radical (unpaired) electrons. The third-order valence-corrected chi connectivity index (χ3v) is 5.14. The van der Waals surface area contributed by atoms with Gasteiger partial charge < -0.3 is 4.74 Å². The number of Topliss-reactive ketones (excluding diaryl/α,β-unsaturated/α-hetero) is 2. The van der Waals surface area contributed by atoms with Crippen LogP contribution >= 0.6 is 0 Å². The van der Waals surface area contributed by atoms with Crippen molar-refractivity contribution in [2.75, 3.05) is 7.11 Å². The normalized spacial score (nSPS) is 12.5. The summed E-state index contributed by atoms with van der Waals surface area (Å²) < 4.78 is 5.17. The Bertz CT molecular complexity index is 780. The maximum absolute atomic E-state index is 13.2. The van der Waals surface area contributed by atoms with E-state index in [-0.39, 0.29) is 17.0 Å². The number of benzene rings is 2. The number of carbonyl (C=O) groups excluding carboxylic acids is 2. The summed E-state index contributed by atoms with van der Waals surface area (Å²) in [4.78, 5) is 26.3. The molecule has 2 aromatic carbocycles. The molecular weight excluding hydrogens is 348 g/mol. The molecule has 0 saturated carbocycles. The third kappa shape index (κ3) is 5.54. The number of methoxy groups -OCH3 is 1. The molecule has 0 heterocycles. The predicted molar refractivity (Wildman–Crippen MR) is 114 cm³/mol. The van der Waals surface area contributed by atoms with Gasteiger partial charge >= 0.3 is 0 Å². The second-order valence-corrected chi connectivity index (χ2v) is 8.33. The van der Waals surface area contributed by atoms with E-state index in [4.69, 9.17) is 4.74 Å². The van der Waals surface area contributed by atoms with E-state index in [0.717, 1.165) is 19.3 Å². The van der Waals surface area contributed by atoms with E-state index in [1.807, 2.05) is 24.3 Å². The lowest BCUT2D eigenvalue weighted by atomic mass is 9.83. The third-order valence-electron chi connectivity index (χ3n) is 5.14. The lowest BCUT2D eigenvalue weighted by Gasteiger charge is -2.20. The van der Waals surface area contributed by atoms with Crippen molar-refractivity contribution in [2.24, 2.45) is 5.92 Å². The van der Waals surface area contributed by atoms with Crippen molar-refractivity contribution < 1.29 is 14.3 Å². The first-order valence-corrected chi connectivity index (χ1v) is 10.1. The minimum absolute atomic E-state index is 0.0288. The topological polar surface area (TPSA) is 43.4 Å². The highest BCUT2D eigenvalue weighted by atomic mass is 16.5. The zero-order valence-corrected chi connectivity index (χ0v) is 17.7. The smallest absolute Gasteiger partial charge is 0.173 e. The number of ether oxygens (including phenoxy) is 1. The molecule has 28 heavy (non-hydrogen) atoms. The van der Waals surface area contributed by atoms with Gasteiger partial charge in [-0.05, 0) is 41.7 Å². The van der Waals surface area contributed by atoms with E-state index < -0.39 is 5.92 Å². The van der Waals surface area contributed by atoms with Crippen LogP contribution in [0.15, 0.2) is 48.5 Å². The molecule has 0 saturated heterocycles. The molecule has 2 aromatic rings. The van der Waals surface area contributed by atoms with Gasteiger partial charge in [0, 0.05) is 11.1 Å². The average Bonchev–Trinajstić information content (AvgIpc) is 2.70. The van der Waals surface area contributed by atoms with E-state index in [0.29, 0.717) is 23.3 Å². The van der Waals surface area contributed by atoms with Gasteiger partial charge in [-0.1, -0.05) is 71.2 Å². The summed E-state index contributed by atoms with van der Waals surface area (Å²) in [6.07, 6.45) is 3.52. The van der Waals surface area contributed by atoms with E-state index in [2.05, 4.69) is 27.7 Å². The van der Waals surface area contributed by atoms with Crippen LogP contribution in [0.3, 0.4) is 0 Å².